The second kappa shape index (κ2) is 6.78. The van der Waals surface area contributed by atoms with E-state index in [4.69, 9.17) is 0 Å². The highest BCUT2D eigenvalue weighted by Crippen LogP contribution is 2.42. The molecule has 0 aliphatic heterocycles. The summed E-state index contributed by atoms with van der Waals surface area (Å²) < 4.78 is 37.5. The van der Waals surface area contributed by atoms with Gasteiger partial charge in [-0.05, 0) is 32.1 Å². The Morgan fingerprint density at radius 3 is 2.11 bits per heavy atom. The second-order valence-electron chi connectivity index (χ2n) is 5.70. The van der Waals surface area contributed by atoms with Crippen LogP contribution in [0.3, 0.4) is 0 Å². The number of halogens is 3. The van der Waals surface area contributed by atoms with Crippen LogP contribution in [0, 0.1) is 5.92 Å². The smallest absolute Gasteiger partial charge is 0.390 e. The Bertz CT molecular complexity index is 230. The van der Waals surface area contributed by atoms with Gasteiger partial charge in [0.15, 0.2) is 0 Å². The minimum Gasteiger partial charge on any atom is -0.390 e. The fourth-order valence-electron chi connectivity index (χ4n) is 2.79. The molecule has 0 aromatic heterocycles. The molecule has 1 rings (SSSR count). The number of hydrogen-bond acceptors (Lipinski definition) is 1. The van der Waals surface area contributed by atoms with Crippen LogP contribution in [0.2, 0.25) is 0 Å². The zero-order chi connectivity index (χ0) is 13.6. The van der Waals surface area contributed by atoms with E-state index >= 15 is 0 Å². The molecule has 1 fully saturated rings. The van der Waals surface area contributed by atoms with Gasteiger partial charge in [-0.25, -0.2) is 0 Å². The highest BCUT2D eigenvalue weighted by molar-refractivity contribution is 4.87. The zero-order valence-electron chi connectivity index (χ0n) is 11.2. The topological polar surface area (TPSA) is 20.2 Å². The van der Waals surface area contributed by atoms with E-state index in [-0.39, 0.29) is 12.8 Å². The van der Waals surface area contributed by atoms with E-state index in [1.165, 1.54) is 12.8 Å². The molecule has 1 saturated carbocycles. The van der Waals surface area contributed by atoms with E-state index in [9.17, 15) is 18.3 Å². The van der Waals surface area contributed by atoms with Gasteiger partial charge in [0.05, 0.1) is 11.5 Å². The summed E-state index contributed by atoms with van der Waals surface area (Å²) in [6.45, 7) is 2.14. The van der Waals surface area contributed by atoms with Crippen LogP contribution in [-0.4, -0.2) is 16.9 Å². The summed E-state index contributed by atoms with van der Waals surface area (Å²) in [5.41, 5.74) is -0.825. The fraction of sp³-hybridized carbons (Fsp3) is 1.00. The van der Waals surface area contributed by atoms with Crippen LogP contribution in [0.4, 0.5) is 13.2 Å². The lowest BCUT2D eigenvalue weighted by molar-refractivity contribution is -0.192. The monoisotopic (exact) mass is 266 g/mol. The van der Waals surface area contributed by atoms with E-state index in [2.05, 4.69) is 6.92 Å². The number of alkyl halides is 3. The second-order valence-corrected chi connectivity index (χ2v) is 5.70. The van der Waals surface area contributed by atoms with Crippen molar-refractivity contribution in [3.63, 3.8) is 0 Å². The van der Waals surface area contributed by atoms with Crippen molar-refractivity contribution in [2.45, 2.75) is 82.9 Å². The predicted octanol–water partition coefficient (Wildman–Crippen LogP) is 4.83. The van der Waals surface area contributed by atoms with Crippen molar-refractivity contribution in [3.05, 3.63) is 0 Å². The summed E-state index contributed by atoms with van der Waals surface area (Å²) in [6.07, 6.45) is 2.96. The minimum absolute atomic E-state index is 0.0922. The van der Waals surface area contributed by atoms with Crippen molar-refractivity contribution in [1.29, 1.82) is 0 Å². The predicted molar refractivity (Wildman–Crippen MR) is 66.3 cm³/mol. The van der Waals surface area contributed by atoms with Crippen LogP contribution in [0.1, 0.15) is 71.1 Å². The van der Waals surface area contributed by atoms with Crippen LogP contribution in [-0.2, 0) is 0 Å². The standard InChI is InChI=1S/C14H25F3O/c1-2-3-4-5-6-9-13(18)10-7-12(8-11-13)14(15,16)17/h12,18H,2-11H2,1H3. The van der Waals surface area contributed by atoms with Crippen molar-refractivity contribution in [1.82, 2.24) is 0 Å². The van der Waals surface area contributed by atoms with Crippen molar-refractivity contribution in [3.8, 4) is 0 Å². The first-order valence-corrected chi connectivity index (χ1v) is 7.16. The maximum atomic E-state index is 12.5. The Morgan fingerprint density at radius 1 is 1.06 bits per heavy atom. The Kier molecular flexibility index (Phi) is 5.96. The molecule has 0 aromatic rings. The molecule has 0 atom stereocenters. The summed E-state index contributed by atoms with van der Waals surface area (Å²) in [4.78, 5) is 0. The molecule has 1 aliphatic rings. The van der Waals surface area contributed by atoms with Crippen LogP contribution < -0.4 is 0 Å². The maximum Gasteiger partial charge on any atom is 0.391 e. The summed E-state index contributed by atoms with van der Waals surface area (Å²) in [5, 5.41) is 10.2. The molecule has 1 nitrogen and oxygen atoms in total. The molecule has 0 amide bonds. The highest BCUT2D eigenvalue weighted by Gasteiger charge is 2.44. The number of rotatable bonds is 6. The zero-order valence-corrected chi connectivity index (χ0v) is 11.2. The van der Waals surface area contributed by atoms with Gasteiger partial charge < -0.3 is 5.11 Å². The van der Waals surface area contributed by atoms with Crippen molar-refractivity contribution in [2.75, 3.05) is 0 Å². The van der Waals surface area contributed by atoms with Gasteiger partial charge in [0, 0.05) is 0 Å². The largest absolute Gasteiger partial charge is 0.391 e. The fourth-order valence-corrected chi connectivity index (χ4v) is 2.79. The summed E-state index contributed by atoms with van der Waals surface area (Å²) >= 11 is 0. The Morgan fingerprint density at radius 2 is 1.61 bits per heavy atom. The van der Waals surface area contributed by atoms with E-state index in [1.54, 1.807) is 0 Å². The quantitative estimate of drug-likeness (QED) is 0.683. The normalized spacial score (nSPS) is 29.5. The van der Waals surface area contributed by atoms with Gasteiger partial charge in [-0.15, -0.1) is 0 Å². The molecule has 0 saturated heterocycles. The molecule has 4 heteroatoms. The Hall–Kier alpha value is -0.250. The van der Waals surface area contributed by atoms with Crippen molar-refractivity contribution >= 4 is 0 Å². The van der Waals surface area contributed by atoms with Gasteiger partial charge in [0.25, 0.3) is 0 Å². The van der Waals surface area contributed by atoms with Crippen LogP contribution in [0.15, 0.2) is 0 Å². The average molecular weight is 266 g/mol. The molecule has 0 bridgehead atoms. The first-order chi connectivity index (χ1) is 8.37. The third kappa shape index (κ3) is 5.17. The van der Waals surface area contributed by atoms with Crippen molar-refractivity contribution in [2.24, 2.45) is 5.92 Å². The molecule has 0 unspecified atom stereocenters. The van der Waals surface area contributed by atoms with Gasteiger partial charge in [-0.2, -0.15) is 13.2 Å². The van der Waals surface area contributed by atoms with Gasteiger partial charge in [0.1, 0.15) is 0 Å². The molecular weight excluding hydrogens is 241 g/mol. The minimum atomic E-state index is -4.08. The van der Waals surface area contributed by atoms with Crippen LogP contribution >= 0.6 is 0 Å². The van der Waals surface area contributed by atoms with Crippen LogP contribution in [0.5, 0.6) is 0 Å². The third-order valence-electron chi connectivity index (χ3n) is 4.12. The third-order valence-corrected chi connectivity index (χ3v) is 4.12. The Balaban J connectivity index is 2.23. The van der Waals surface area contributed by atoms with Gasteiger partial charge in [-0.3, -0.25) is 0 Å². The molecule has 0 heterocycles. The first-order valence-electron chi connectivity index (χ1n) is 7.16. The van der Waals surface area contributed by atoms with Gasteiger partial charge in [0.2, 0.25) is 0 Å². The first kappa shape index (κ1) is 15.8. The Labute approximate surface area is 108 Å². The molecule has 18 heavy (non-hydrogen) atoms. The molecule has 1 N–H and O–H groups in total. The molecule has 108 valence electrons. The molecule has 0 spiro atoms. The number of aliphatic hydroxyl groups is 1. The molecule has 0 aromatic carbocycles. The maximum absolute atomic E-state index is 12.5. The van der Waals surface area contributed by atoms with E-state index in [0.717, 1.165) is 19.3 Å². The summed E-state index contributed by atoms with van der Waals surface area (Å²) in [7, 11) is 0. The SMILES string of the molecule is CCCCCCCC1(O)CCC(C(F)(F)F)CC1. The lowest BCUT2D eigenvalue weighted by Crippen LogP contribution is -2.38. The molecule has 0 radical (unpaired) electrons. The molecular formula is C14H25F3O. The average Bonchev–Trinajstić information content (AvgIpc) is 2.28. The van der Waals surface area contributed by atoms with Gasteiger partial charge in [-0.1, -0.05) is 39.0 Å². The molecule has 1 aliphatic carbocycles. The lowest BCUT2D eigenvalue weighted by atomic mass is 9.76. The van der Waals surface area contributed by atoms with E-state index in [0.29, 0.717) is 19.3 Å². The van der Waals surface area contributed by atoms with Crippen molar-refractivity contribution < 1.29 is 18.3 Å². The van der Waals surface area contributed by atoms with Crippen LogP contribution in [0.25, 0.3) is 0 Å². The number of hydrogen-bond donors (Lipinski definition) is 1. The van der Waals surface area contributed by atoms with Gasteiger partial charge >= 0.3 is 6.18 Å². The highest BCUT2D eigenvalue weighted by atomic mass is 19.4. The summed E-state index contributed by atoms with van der Waals surface area (Å²) in [6, 6.07) is 0. The summed E-state index contributed by atoms with van der Waals surface area (Å²) in [5.74, 6) is -1.20. The van der Waals surface area contributed by atoms with E-state index in [1.807, 2.05) is 0 Å². The van der Waals surface area contributed by atoms with E-state index < -0.39 is 17.7 Å². The lowest BCUT2D eigenvalue weighted by Gasteiger charge is -2.36. The number of unbranched alkanes of at least 4 members (excludes halogenated alkanes) is 4.